The normalized spacial score (nSPS) is 10.1. The molecule has 4 nitrogen and oxygen atoms in total. The molecule has 6 heteroatoms. The molecule has 2 rings (SSSR count). The van der Waals surface area contributed by atoms with Crippen molar-refractivity contribution < 1.29 is 0 Å². The van der Waals surface area contributed by atoms with Crippen molar-refractivity contribution in [2.75, 3.05) is 11.9 Å². The quantitative estimate of drug-likeness (QED) is 0.665. The molecule has 0 unspecified atom stereocenters. The maximum Gasteiger partial charge on any atom is 0.229 e. The first kappa shape index (κ1) is 13.2. The van der Waals surface area contributed by atoms with Gasteiger partial charge in [0.2, 0.25) is 5.95 Å². The van der Waals surface area contributed by atoms with Gasteiger partial charge < -0.3 is 10.6 Å². The summed E-state index contributed by atoms with van der Waals surface area (Å²) in [6, 6.07) is 7.66. The first-order valence-electron chi connectivity index (χ1n) is 5.19. The topological polar surface area (TPSA) is 55.0 Å². The van der Waals surface area contributed by atoms with Crippen LogP contribution in [0.2, 0.25) is 0 Å². The first-order chi connectivity index (χ1) is 8.59. The fourth-order valence-corrected chi connectivity index (χ4v) is 2.01. The summed E-state index contributed by atoms with van der Waals surface area (Å²) in [5, 5.41) is 0. The molecule has 1 aromatic heterocycles. The average molecular weight is 370 g/mol. The van der Waals surface area contributed by atoms with E-state index in [1.165, 1.54) is 0 Å². The molecule has 92 valence electrons. The van der Waals surface area contributed by atoms with Gasteiger partial charge in [-0.3, -0.25) is 0 Å². The zero-order valence-corrected chi connectivity index (χ0v) is 12.6. The SMILES string of the molecule is CN(c1ncc(I)cn1)c1ccccc1C(N)=S. The Morgan fingerprint density at radius 2 is 1.89 bits per heavy atom. The number of rotatable bonds is 3. The molecule has 0 radical (unpaired) electrons. The molecule has 0 saturated carbocycles. The summed E-state index contributed by atoms with van der Waals surface area (Å²) < 4.78 is 0.993. The van der Waals surface area contributed by atoms with Crippen molar-refractivity contribution in [1.82, 2.24) is 9.97 Å². The predicted molar refractivity (Wildman–Crippen MR) is 85.1 cm³/mol. The van der Waals surface area contributed by atoms with Crippen molar-refractivity contribution in [2.24, 2.45) is 5.73 Å². The second-order valence-corrected chi connectivity index (χ2v) is 5.33. The second-order valence-electron chi connectivity index (χ2n) is 3.64. The number of hydrogen-bond donors (Lipinski definition) is 1. The van der Waals surface area contributed by atoms with Crippen molar-refractivity contribution in [2.45, 2.75) is 0 Å². The molecule has 2 N–H and O–H groups in total. The molecule has 0 amide bonds. The second kappa shape index (κ2) is 5.57. The van der Waals surface area contributed by atoms with Crippen LogP contribution in [0.5, 0.6) is 0 Å². The van der Waals surface area contributed by atoms with Crippen LogP contribution in [0.1, 0.15) is 5.56 Å². The lowest BCUT2D eigenvalue weighted by Crippen LogP contribution is -2.19. The van der Waals surface area contributed by atoms with E-state index in [0.717, 1.165) is 14.8 Å². The van der Waals surface area contributed by atoms with Crippen LogP contribution in [0, 0.1) is 3.57 Å². The summed E-state index contributed by atoms with van der Waals surface area (Å²) in [6.07, 6.45) is 3.53. The Labute approximate surface area is 124 Å². The zero-order valence-electron chi connectivity index (χ0n) is 9.67. The summed E-state index contributed by atoms with van der Waals surface area (Å²) in [7, 11) is 1.89. The van der Waals surface area contributed by atoms with Crippen LogP contribution < -0.4 is 10.6 Å². The molecule has 0 aliphatic heterocycles. The molecule has 1 aromatic carbocycles. The molecule has 2 aromatic rings. The van der Waals surface area contributed by atoms with Crippen molar-refractivity contribution >= 4 is 51.4 Å². The molecule has 0 spiro atoms. The molecule has 0 fully saturated rings. The van der Waals surface area contributed by atoms with E-state index in [-0.39, 0.29) is 0 Å². The minimum atomic E-state index is 0.364. The molecule has 0 aliphatic carbocycles. The van der Waals surface area contributed by atoms with E-state index >= 15 is 0 Å². The Hall–Kier alpha value is -1.28. The van der Waals surface area contributed by atoms with Gasteiger partial charge in [-0.1, -0.05) is 24.4 Å². The van der Waals surface area contributed by atoms with Crippen LogP contribution in [0.15, 0.2) is 36.7 Å². The Morgan fingerprint density at radius 3 is 2.50 bits per heavy atom. The molecule has 1 heterocycles. The molecular formula is C12H11IN4S. The highest BCUT2D eigenvalue weighted by atomic mass is 127. The van der Waals surface area contributed by atoms with Crippen molar-refractivity contribution in [1.29, 1.82) is 0 Å². The fourth-order valence-electron chi connectivity index (χ4n) is 1.56. The van der Waals surface area contributed by atoms with Crippen molar-refractivity contribution in [3.63, 3.8) is 0 Å². The highest BCUT2D eigenvalue weighted by Gasteiger charge is 2.12. The number of aromatic nitrogens is 2. The molecule has 18 heavy (non-hydrogen) atoms. The van der Waals surface area contributed by atoms with Gasteiger partial charge in [0.25, 0.3) is 0 Å². The Morgan fingerprint density at radius 1 is 1.28 bits per heavy atom. The first-order valence-corrected chi connectivity index (χ1v) is 6.68. The molecule has 0 atom stereocenters. The van der Waals surface area contributed by atoms with Crippen LogP contribution in [0.3, 0.4) is 0 Å². The van der Waals surface area contributed by atoms with E-state index < -0.39 is 0 Å². The number of halogens is 1. The van der Waals surface area contributed by atoms with Crippen molar-refractivity contribution in [3.05, 3.63) is 45.8 Å². The monoisotopic (exact) mass is 370 g/mol. The zero-order chi connectivity index (χ0) is 13.1. The van der Waals surface area contributed by atoms with Gasteiger partial charge in [-0.05, 0) is 34.7 Å². The predicted octanol–water partition coefficient (Wildman–Crippen LogP) is 2.48. The molecule has 0 aliphatic rings. The van der Waals surface area contributed by atoms with Crippen molar-refractivity contribution in [3.8, 4) is 0 Å². The van der Waals surface area contributed by atoms with Gasteiger partial charge in [-0.25, -0.2) is 9.97 Å². The van der Waals surface area contributed by atoms with E-state index in [0.29, 0.717) is 10.9 Å². The lowest BCUT2D eigenvalue weighted by molar-refractivity contribution is 1.03. The number of nitrogens with two attached hydrogens (primary N) is 1. The van der Waals surface area contributed by atoms with Gasteiger partial charge in [0, 0.05) is 28.6 Å². The van der Waals surface area contributed by atoms with Crippen LogP contribution in [0.4, 0.5) is 11.6 Å². The Bertz CT molecular complexity index is 571. The van der Waals surface area contributed by atoms with Gasteiger partial charge in [0.05, 0.1) is 5.69 Å². The standard InChI is InChI=1S/C12H11IN4S/c1-17(12-15-6-8(13)7-16-12)10-5-3-2-4-9(10)11(14)18/h2-7H,1H3,(H2,14,18). The molecular weight excluding hydrogens is 359 g/mol. The molecule has 0 bridgehead atoms. The average Bonchev–Trinajstić information content (AvgIpc) is 2.39. The number of thiocarbonyl (C=S) groups is 1. The Kier molecular flexibility index (Phi) is 4.07. The number of hydrogen-bond acceptors (Lipinski definition) is 4. The van der Waals surface area contributed by atoms with E-state index in [2.05, 4.69) is 32.6 Å². The van der Waals surface area contributed by atoms with Crippen LogP contribution in [-0.4, -0.2) is 22.0 Å². The number of para-hydroxylation sites is 1. The van der Waals surface area contributed by atoms with Gasteiger partial charge in [-0.15, -0.1) is 0 Å². The van der Waals surface area contributed by atoms with Gasteiger partial charge in [-0.2, -0.15) is 0 Å². The van der Waals surface area contributed by atoms with Crippen LogP contribution in [0.25, 0.3) is 0 Å². The highest BCUT2D eigenvalue weighted by molar-refractivity contribution is 14.1. The lowest BCUT2D eigenvalue weighted by atomic mass is 10.1. The maximum atomic E-state index is 5.72. The third-order valence-electron chi connectivity index (χ3n) is 2.44. The summed E-state index contributed by atoms with van der Waals surface area (Å²) in [4.78, 5) is 10.8. The molecule has 0 saturated heterocycles. The van der Waals surface area contributed by atoms with E-state index in [9.17, 15) is 0 Å². The number of anilines is 2. The minimum absolute atomic E-state index is 0.364. The van der Waals surface area contributed by atoms with E-state index in [1.54, 1.807) is 12.4 Å². The smallest absolute Gasteiger partial charge is 0.229 e. The third-order valence-corrected chi connectivity index (χ3v) is 3.21. The van der Waals surface area contributed by atoms with Gasteiger partial charge >= 0.3 is 0 Å². The van der Waals surface area contributed by atoms with E-state index in [1.807, 2.05) is 36.2 Å². The summed E-state index contributed by atoms with van der Waals surface area (Å²) >= 11 is 7.22. The third kappa shape index (κ3) is 2.75. The van der Waals surface area contributed by atoms with Gasteiger partial charge in [0.1, 0.15) is 4.99 Å². The largest absolute Gasteiger partial charge is 0.389 e. The fraction of sp³-hybridized carbons (Fsp3) is 0.0833. The number of nitrogens with zero attached hydrogens (tertiary/aromatic N) is 3. The Balaban J connectivity index is 2.42. The minimum Gasteiger partial charge on any atom is -0.389 e. The summed E-state index contributed by atoms with van der Waals surface area (Å²) in [6.45, 7) is 0. The number of benzene rings is 1. The summed E-state index contributed by atoms with van der Waals surface area (Å²) in [5.41, 5.74) is 7.43. The lowest BCUT2D eigenvalue weighted by Gasteiger charge is -2.19. The van der Waals surface area contributed by atoms with Crippen LogP contribution >= 0.6 is 34.8 Å². The van der Waals surface area contributed by atoms with Crippen LogP contribution in [-0.2, 0) is 0 Å². The summed E-state index contributed by atoms with van der Waals surface area (Å²) in [5.74, 6) is 0.610. The maximum absolute atomic E-state index is 5.72. The van der Waals surface area contributed by atoms with E-state index in [4.69, 9.17) is 18.0 Å². The highest BCUT2D eigenvalue weighted by Crippen LogP contribution is 2.24. The van der Waals surface area contributed by atoms with Gasteiger partial charge in [0.15, 0.2) is 0 Å².